The highest BCUT2D eigenvalue weighted by Gasteiger charge is 2.36. The zero-order valence-corrected chi connectivity index (χ0v) is 33.3. The molecule has 15 nitrogen and oxygen atoms in total. The first-order valence-electron chi connectivity index (χ1n) is 20.5. The second kappa shape index (κ2) is 18.2. The molecule has 2 aliphatic carbocycles. The van der Waals surface area contributed by atoms with E-state index in [0.717, 1.165) is 49.7 Å². The Kier molecular flexibility index (Phi) is 12.7. The Labute approximate surface area is 337 Å². The van der Waals surface area contributed by atoms with Crippen molar-refractivity contribution in [3.63, 3.8) is 0 Å². The van der Waals surface area contributed by atoms with Crippen LogP contribution in [-0.2, 0) is 36.8 Å². The second-order valence-corrected chi connectivity index (χ2v) is 15.5. The van der Waals surface area contributed by atoms with Gasteiger partial charge in [-0.3, -0.25) is 24.0 Å². The highest BCUT2D eigenvalue weighted by atomic mass is 16.6. The van der Waals surface area contributed by atoms with Crippen LogP contribution in [0.15, 0.2) is 42.5 Å². The summed E-state index contributed by atoms with van der Waals surface area (Å²) in [5.41, 5.74) is 3.69. The summed E-state index contributed by atoms with van der Waals surface area (Å²) < 4.78 is 16.9. The fourth-order valence-electron chi connectivity index (χ4n) is 8.04. The number of piperazine rings is 1. The number of pyridine rings is 1. The molecule has 7 rings (SSSR count). The molecule has 0 radical (unpaired) electrons. The molecule has 1 saturated carbocycles. The van der Waals surface area contributed by atoms with Crippen molar-refractivity contribution < 1.29 is 43.0 Å². The Hall–Kier alpha value is -5.73. The number of carbonyl (C=O) groups is 6. The molecule has 5 amide bonds. The number of aromatic nitrogens is 1. The zero-order valence-electron chi connectivity index (χ0n) is 33.3. The predicted molar refractivity (Wildman–Crippen MR) is 212 cm³/mol. The molecule has 3 aromatic rings. The molecule has 58 heavy (non-hydrogen) atoms. The number of likely N-dealkylation sites (tertiary alicyclic amines) is 1. The van der Waals surface area contributed by atoms with Gasteiger partial charge in [-0.15, -0.1) is 0 Å². The van der Waals surface area contributed by atoms with Gasteiger partial charge < -0.3 is 39.5 Å². The molecule has 4 aliphatic rings. The minimum atomic E-state index is -1.13. The van der Waals surface area contributed by atoms with E-state index >= 15 is 0 Å². The number of nitrogens with one attached hydrogen (secondary N) is 2. The number of nitrogens with zero attached hydrogens (tertiary/aromatic N) is 4. The Bertz CT molecular complexity index is 2060. The van der Waals surface area contributed by atoms with E-state index in [1.807, 2.05) is 25.1 Å². The maximum absolute atomic E-state index is 14.1. The Balaban J connectivity index is 1.06. The van der Waals surface area contributed by atoms with Crippen molar-refractivity contribution in [2.75, 3.05) is 45.9 Å². The Morgan fingerprint density at radius 2 is 1.64 bits per heavy atom. The van der Waals surface area contributed by atoms with Gasteiger partial charge >= 0.3 is 12.1 Å². The average Bonchev–Trinajstić information content (AvgIpc) is 3.90. The standard InChI is InChI=1S/C43H52N6O9/c1-3-56-43(55)48-21-19-47(20-22-48)42(54)33(16-17-39(51)58-31-14-13-28-7-4-8-29(28)24-31)46-40(52)35-25-37(32-15-12-27(2)23-34(32)45-35)57-26-38(50)49-18-6-11-36(49)41(53)44-30-9-5-10-30/h12-15,23-25,30,33,36H,3-11,16-22,26H2,1-2H3,(H,44,53)(H,46,52). The smallest absolute Gasteiger partial charge is 0.409 e. The zero-order chi connectivity index (χ0) is 40.8. The number of hydrogen-bond acceptors (Lipinski definition) is 10. The van der Waals surface area contributed by atoms with Crippen LogP contribution in [0.2, 0.25) is 0 Å². The van der Waals surface area contributed by atoms with Crippen molar-refractivity contribution in [1.82, 2.24) is 30.3 Å². The molecule has 0 spiro atoms. The highest BCUT2D eigenvalue weighted by molar-refractivity contribution is 6.00. The van der Waals surface area contributed by atoms with E-state index < -0.39 is 36.0 Å². The fraction of sp³-hybridized carbons (Fsp3) is 0.512. The monoisotopic (exact) mass is 796 g/mol. The topological polar surface area (TPSA) is 177 Å². The van der Waals surface area contributed by atoms with Crippen LogP contribution in [0.3, 0.4) is 0 Å². The number of carbonyl (C=O) groups excluding carboxylic acids is 6. The van der Waals surface area contributed by atoms with Crippen LogP contribution in [0, 0.1) is 6.92 Å². The molecule has 15 heteroatoms. The summed E-state index contributed by atoms with van der Waals surface area (Å²) in [4.78, 5) is 89.3. The van der Waals surface area contributed by atoms with Gasteiger partial charge in [0.05, 0.1) is 12.1 Å². The van der Waals surface area contributed by atoms with Crippen LogP contribution in [0.25, 0.3) is 10.9 Å². The van der Waals surface area contributed by atoms with Crippen LogP contribution < -0.4 is 20.1 Å². The van der Waals surface area contributed by atoms with E-state index in [4.69, 9.17) is 14.2 Å². The number of esters is 1. The van der Waals surface area contributed by atoms with Gasteiger partial charge in [-0.25, -0.2) is 9.78 Å². The van der Waals surface area contributed by atoms with E-state index in [-0.39, 0.29) is 81.5 Å². The average molecular weight is 797 g/mol. The molecular formula is C43H52N6O9. The van der Waals surface area contributed by atoms with Crippen LogP contribution in [0.5, 0.6) is 11.5 Å². The summed E-state index contributed by atoms with van der Waals surface area (Å²) in [7, 11) is 0. The van der Waals surface area contributed by atoms with Crippen molar-refractivity contribution >= 4 is 46.6 Å². The largest absolute Gasteiger partial charge is 0.483 e. The van der Waals surface area contributed by atoms with Crippen molar-refractivity contribution in [2.24, 2.45) is 0 Å². The third-order valence-corrected chi connectivity index (χ3v) is 11.5. The van der Waals surface area contributed by atoms with Gasteiger partial charge in [0, 0.05) is 56.6 Å². The minimum Gasteiger partial charge on any atom is -0.483 e. The van der Waals surface area contributed by atoms with E-state index in [1.165, 1.54) is 16.5 Å². The molecule has 2 aliphatic heterocycles. The first-order valence-corrected chi connectivity index (χ1v) is 20.5. The number of benzene rings is 2. The number of hydrogen-bond donors (Lipinski definition) is 2. The van der Waals surface area contributed by atoms with Gasteiger partial charge in [0.2, 0.25) is 11.8 Å². The number of rotatable bonds is 13. The SMILES string of the molecule is CCOC(=O)N1CCN(C(=O)C(CCC(=O)Oc2ccc3c(c2)CCC3)NC(=O)c2cc(OCC(=O)N3CCCC3C(=O)NC3CCC3)c3ccc(C)cc3n2)CC1. The van der Waals surface area contributed by atoms with E-state index in [1.54, 1.807) is 34.9 Å². The van der Waals surface area contributed by atoms with E-state index in [2.05, 4.69) is 15.6 Å². The van der Waals surface area contributed by atoms with Crippen LogP contribution in [0.1, 0.15) is 85.5 Å². The Morgan fingerprint density at radius 3 is 2.40 bits per heavy atom. The van der Waals surface area contributed by atoms with E-state index in [0.29, 0.717) is 36.0 Å². The molecule has 2 atom stereocenters. The first-order chi connectivity index (χ1) is 28.1. The summed E-state index contributed by atoms with van der Waals surface area (Å²) >= 11 is 0. The summed E-state index contributed by atoms with van der Waals surface area (Å²) in [6.45, 7) is 4.86. The number of fused-ring (bicyclic) bond motifs is 2. The summed E-state index contributed by atoms with van der Waals surface area (Å²) in [5, 5.41) is 6.45. The summed E-state index contributed by atoms with van der Waals surface area (Å²) in [5.74, 6) is -1.43. The van der Waals surface area contributed by atoms with Crippen molar-refractivity contribution in [1.29, 1.82) is 0 Å². The molecule has 2 unspecified atom stereocenters. The molecule has 3 heterocycles. The third kappa shape index (κ3) is 9.51. The number of aryl methyl sites for hydroxylation is 3. The van der Waals surface area contributed by atoms with Crippen LogP contribution in [-0.4, -0.2) is 119 Å². The molecule has 3 fully saturated rings. The normalized spacial score (nSPS) is 18.2. The molecule has 308 valence electrons. The highest BCUT2D eigenvalue weighted by Crippen LogP contribution is 2.29. The van der Waals surface area contributed by atoms with Gasteiger partial charge in [-0.1, -0.05) is 12.1 Å². The first kappa shape index (κ1) is 40.5. The molecule has 2 aromatic carbocycles. The van der Waals surface area contributed by atoms with Gasteiger partial charge in [0.1, 0.15) is 29.3 Å². The quantitative estimate of drug-likeness (QED) is 0.191. The maximum atomic E-state index is 14.1. The van der Waals surface area contributed by atoms with E-state index in [9.17, 15) is 28.8 Å². The lowest BCUT2D eigenvalue weighted by atomic mass is 9.93. The van der Waals surface area contributed by atoms with Crippen molar-refractivity contribution in [2.45, 2.75) is 96.2 Å². The van der Waals surface area contributed by atoms with Gasteiger partial charge in [0.15, 0.2) is 6.61 Å². The van der Waals surface area contributed by atoms with Crippen LogP contribution in [0.4, 0.5) is 4.79 Å². The summed E-state index contributed by atoms with van der Waals surface area (Å²) in [6.07, 6.45) is 6.59. The molecule has 2 saturated heterocycles. The molecule has 2 N–H and O–H groups in total. The number of amides is 5. The molecular weight excluding hydrogens is 745 g/mol. The second-order valence-electron chi connectivity index (χ2n) is 15.5. The lowest BCUT2D eigenvalue weighted by molar-refractivity contribution is -0.140. The van der Waals surface area contributed by atoms with Gasteiger partial charge in [-0.2, -0.15) is 0 Å². The lowest BCUT2D eigenvalue weighted by Crippen LogP contribution is -2.56. The maximum Gasteiger partial charge on any atom is 0.409 e. The predicted octanol–water partition coefficient (Wildman–Crippen LogP) is 3.86. The third-order valence-electron chi connectivity index (χ3n) is 11.5. The van der Waals surface area contributed by atoms with Crippen molar-refractivity contribution in [3.8, 4) is 11.5 Å². The summed E-state index contributed by atoms with van der Waals surface area (Å²) in [6, 6.07) is 11.0. The Morgan fingerprint density at radius 1 is 0.862 bits per heavy atom. The molecule has 0 bridgehead atoms. The minimum absolute atomic E-state index is 0.0508. The fourth-order valence-corrected chi connectivity index (χ4v) is 8.04. The van der Waals surface area contributed by atoms with Gasteiger partial charge in [-0.05, 0) is 113 Å². The van der Waals surface area contributed by atoms with Crippen LogP contribution >= 0.6 is 0 Å². The lowest BCUT2D eigenvalue weighted by Gasteiger charge is -2.36. The number of ether oxygens (including phenoxy) is 3. The van der Waals surface area contributed by atoms with Crippen molar-refractivity contribution in [3.05, 3.63) is 64.8 Å². The molecule has 1 aromatic heterocycles. The van der Waals surface area contributed by atoms with Gasteiger partial charge in [0.25, 0.3) is 11.8 Å².